The maximum Gasteiger partial charge on any atom is 0.129 e. The Morgan fingerprint density at radius 2 is 2.26 bits per heavy atom. The van der Waals surface area contributed by atoms with Gasteiger partial charge < -0.3 is 0 Å². The lowest BCUT2D eigenvalue weighted by molar-refractivity contribution is 0.0111. The minimum Gasteiger partial charge on any atom is -0.298 e. The van der Waals surface area contributed by atoms with Gasteiger partial charge in [-0.1, -0.05) is 18.0 Å². The van der Waals surface area contributed by atoms with E-state index in [1.807, 2.05) is 6.07 Å². The van der Waals surface area contributed by atoms with E-state index in [0.717, 1.165) is 12.6 Å². The minimum absolute atomic E-state index is 0.599. The maximum absolute atomic E-state index is 5.97. The van der Waals surface area contributed by atoms with Crippen LogP contribution in [-0.2, 0) is 6.54 Å². The molecule has 1 aromatic heterocycles. The molecule has 3 rings (SSSR count). The smallest absolute Gasteiger partial charge is 0.129 e. The van der Waals surface area contributed by atoms with Gasteiger partial charge in [-0.25, -0.2) is 4.98 Å². The number of hydrogen-bond donors (Lipinski definition) is 0. The summed E-state index contributed by atoms with van der Waals surface area (Å²) >= 11 is 5.97. The molecule has 2 saturated heterocycles. The number of fused-ring (bicyclic) bond motifs is 1. The Bertz CT molecular complexity index is 437. The first-order valence-electron chi connectivity index (χ1n) is 7.31. The fourth-order valence-electron chi connectivity index (χ4n) is 3.41. The average molecular weight is 280 g/mol. The van der Waals surface area contributed by atoms with Crippen molar-refractivity contribution in [3.63, 3.8) is 0 Å². The summed E-state index contributed by atoms with van der Waals surface area (Å²) in [5.74, 6) is 0. The van der Waals surface area contributed by atoms with Crippen LogP contribution < -0.4 is 0 Å². The van der Waals surface area contributed by atoms with Gasteiger partial charge in [0.2, 0.25) is 0 Å². The molecule has 0 bridgehead atoms. The molecule has 2 aliphatic heterocycles. The Hall–Kier alpha value is -0.640. The van der Waals surface area contributed by atoms with Gasteiger partial charge in [-0.05, 0) is 44.0 Å². The van der Waals surface area contributed by atoms with Gasteiger partial charge in [-0.3, -0.25) is 9.80 Å². The van der Waals surface area contributed by atoms with Gasteiger partial charge in [-0.2, -0.15) is 0 Å². The number of hydrogen-bond acceptors (Lipinski definition) is 3. The molecule has 2 aliphatic rings. The third-order valence-electron chi connectivity index (χ3n) is 4.49. The quantitative estimate of drug-likeness (QED) is 0.776. The molecule has 0 aromatic carbocycles. The summed E-state index contributed by atoms with van der Waals surface area (Å²) in [7, 11) is 0. The number of rotatable bonds is 2. The van der Waals surface area contributed by atoms with Crippen molar-refractivity contribution in [2.75, 3.05) is 19.6 Å². The molecule has 4 heteroatoms. The lowest BCUT2D eigenvalue weighted by Gasteiger charge is -2.47. The van der Waals surface area contributed by atoms with Crippen LogP contribution in [-0.4, -0.2) is 46.5 Å². The van der Waals surface area contributed by atoms with Crippen LogP contribution in [0.2, 0.25) is 5.15 Å². The summed E-state index contributed by atoms with van der Waals surface area (Å²) < 4.78 is 0. The van der Waals surface area contributed by atoms with Crippen molar-refractivity contribution in [2.24, 2.45) is 0 Å². The predicted octanol–water partition coefficient (Wildman–Crippen LogP) is 2.79. The van der Waals surface area contributed by atoms with Gasteiger partial charge in [0.25, 0.3) is 0 Å². The second-order valence-corrected chi connectivity index (χ2v) is 6.30. The molecule has 104 valence electrons. The summed E-state index contributed by atoms with van der Waals surface area (Å²) in [6.45, 7) is 7.04. The van der Waals surface area contributed by atoms with Crippen LogP contribution in [0.25, 0.3) is 0 Å². The predicted molar refractivity (Wildman–Crippen MR) is 78.3 cm³/mol. The van der Waals surface area contributed by atoms with Crippen molar-refractivity contribution < 1.29 is 0 Å². The third-order valence-corrected chi connectivity index (χ3v) is 4.70. The zero-order valence-corrected chi connectivity index (χ0v) is 12.3. The van der Waals surface area contributed by atoms with Gasteiger partial charge in [0.1, 0.15) is 5.15 Å². The summed E-state index contributed by atoms with van der Waals surface area (Å²) in [4.78, 5) is 9.34. The van der Waals surface area contributed by atoms with E-state index < -0.39 is 0 Å². The standard InChI is InChI=1S/C15H22ClN3/c1-12-9-18-7-3-2-4-14(18)11-19(12)10-13-5-6-17-15(16)8-13/h5-6,8,12,14H,2-4,7,9-11H2,1H3/t12-,14-/m0/s1. The van der Waals surface area contributed by atoms with E-state index in [4.69, 9.17) is 11.6 Å². The molecular weight excluding hydrogens is 258 g/mol. The van der Waals surface area contributed by atoms with Crippen LogP contribution in [0.4, 0.5) is 0 Å². The number of pyridine rings is 1. The lowest BCUT2D eigenvalue weighted by Crippen LogP contribution is -2.58. The van der Waals surface area contributed by atoms with E-state index in [9.17, 15) is 0 Å². The molecule has 0 amide bonds. The first-order valence-corrected chi connectivity index (χ1v) is 7.69. The van der Waals surface area contributed by atoms with E-state index in [2.05, 4.69) is 27.8 Å². The maximum atomic E-state index is 5.97. The molecule has 1 aromatic rings. The molecule has 2 atom stereocenters. The number of aromatic nitrogens is 1. The zero-order chi connectivity index (χ0) is 13.2. The fraction of sp³-hybridized carbons (Fsp3) is 0.667. The van der Waals surface area contributed by atoms with Gasteiger partial charge in [0, 0.05) is 37.9 Å². The SMILES string of the molecule is C[C@H]1CN2CCCC[C@H]2CN1Cc1ccnc(Cl)c1. The van der Waals surface area contributed by atoms with E-state index in [-0.39, 0.29) is 0 Å². The zero-order valence-electron chi connectivity index (χ0n) is 11.6. The normalized spacial score (nSPS) is 29.2. The molecule has 19 heavy (non-hydrogen) atoms. The summed E-state index contributed by atoms with van der Waals surface area (Å²) in [5, 5.41) is 0.599. The Labute approximate surface area is 120 Å². The molecule has 0 aliphatic carbocycles. The highest BCUT2D eigenvalue weighted by Crippen LogP contribution is 2.25. The second-order valence-electron chi connectivity index (χ2n) is 5.91. The van der Waals surface area contributed by atoms with Gasteiger partial charge in [0.15, 0.2) is 0 Å². The number of piperazine rings is 1. The van der Waals surface area contributed by atoms with Crippen molar-refractivity contribution in [1.82, 2.24) is 14.8 Å². The van der Waals surface area contributed by atoms with Crippen LogP contribution in [0.5, 0.6) is 0 Å². The minimum atomic E-state index is 0.599. The summed E-state index contributed by atoms with van der Waals surface area (Å²) in [6, 6.07) is 5.46. The number of nitrogens with zero attached hydrogens (tertiary/aromatic N) is 3. The molecular formula is C15H22ClN3. The van der Waals surface area contributed by atoms with Gasteiger partial charge >= 0.3 is 0 Å². The van der Waals surface area contributed by atoms with Crippen LogP contribution in [0.3, 0.4) is 0 Å². The molecule has 0 unspecified atom stereocenters. The molecule has 3 nitrogen and oxygen atoms in total. The highest BCUT2D eigenvalue weighted by molar-refractivity contribution is 6.29. The van der Waals surface area contributed by atoms with Crippen molar-refractivity contribution in [3.05, 3.63) is 29.0 Å². The molecule has 0 radical (unpaired) electrons. The van der Waals surface area contributed by atoms with Crippen molar-refractivity contribution in [2.45, 2.75) is 44.8 Å². The van der Waals surface area contributed by atoms with E-state index >= 15 is 0 Å². The van der Waals surface area contributed by atoms with E-state index in [0.29, 0.717) is 11.2 Å². The Kier molecular flexibility index (Phi) is 4.06. The summed E-state index contributed by atoms with van der Waals surface area (Å²) in [6.07, 6.45) is 5.94. The van der Waals surface area contributed by atoms with Crippen LogP contribution in [0.15, 0.2) is 18.3 Å². The van der Waals surface area contributed by atoms with Gasteiger partial charge in [0.05, 0.1) is 0 Å². The summed E-state index contributed by atoms with van der Waals surface area (Å²) in [5.41, 5.74) is 1.27. The largest absolute Gasteiger partial charge is 0.298 e. The lowest BCUT2D eigenvalue weighted by atomic mass is 9.97. The second kappa shape index (κ2) is 5.78. The monoisotopic (exact) mass is 279 g/mol. The van der Waals surface area contributed by atoms with Gasteiger partial charge in [-0.15, -0.1) is 0 Å². The highest BCUT2D eigenvalue weighted by atomic mass is 35.5. The topological polar surface area (TPSA) is 19.4 Å². The number of piperidine rings is 1. The number of halogens is 1. The first-order chi connectivity index (χ1) is 9.22. The van der Waals surface area contributed by atoms with Crippen LogP contribution in [0.1, 0.15) is 31.7 Å². The Balaban J connectivity index is 1.67. The van der Waals surface area contributed by atoms with Crippen molar-refractivity contribution >= 4 is 11.6 Å². The molecule has 0 N–H and O–H groups in total. The highest BCUT2D eigenvalue weighted by Gasteiger charge is 2.32. The fourth-order valence-corrected chi connectivity index (χ4v) is 3.60. The first kappa shape index (κ1) is 13.3. The molecule has 3 heterocycles. The van der Waals surface area contributed by atoms with E-state index in [1.165, 1.54) is 44.5 Å². The van der Waals surface area contributed by atoms with E-state index in [1.54, 1.807) is 6.20 Å². The molecule has 0 saturated carbocycles. The average Bonchev–Trinajstić information content (AvgIpc) is 2.40. The third kappa shape index (κ3) is 3.10. The van der Waals surface area contributed by atoms with Crippen molar-refractivity contribution in [1.29, 1.82) is 0 Å². The van der Waals surface area contributed by atoms with Crippen LogP contribution >= 0.6 is 11.6 Å². The molecule has 2 fully saturated rings. The van der Waals surface area contributed by atoms with Crippen molar-refractivity contribution in [3.8, 4) is 0 Å². The molecule has 0 spiro atoms. The Morgan fingerprint density at radius 3 is 3.11 bits per heavy atom. The van der Waals surface area contributed by atoms with Crippen LogP contribution in [0, 0.1) is 0 Å². The Morgan fingerprint density at radius 1 is 1.37 bits per heavy atom.